The Morgan fingerprint density at radius 1 is 1.27 bits per heavy atom. The van der Waals surface area contributed by atoms with Crippen LogP contribution in [0.2, 0.25) is 0 Å². The van der Waals surface area contributed by atoms with Gasteiger partial charge in [-0.3, -0.25) is 4.79 Å². The zero-order valence-electron chi connectivity index (χ0n) is 21.1. The Bertz CT molecular complexity index is 1280. The number of alkyl halides is 1. The quantitative estimate of drug-likeness (QED) is 0.355. The van der Waals surface area contributed by atoms with Crippen LogP contribution < -0.4 is 15.4 Å². The van der Waals surface area contributed by atoms with Gasteiger partial charge in [0.1, 0.15) is 34.0 Å². The Morgan fingerprint density at radius 3 is 2.51 bits per heavy atom. The number of carbonyl (C=O) groups excluding carboxylic acids is 1. The first kappa shape index (κ1) is 28.4. The molecule has 37 heavy (non-hydrogen) atoms. The topological polar surface area (TPSA) is 154 Å². The maximum Gasteiger partial charge on any atom is 0.253 e. The van der Waals surface area contributed by atoms with Crippen LogP contribution in [0.4, 0.5) is 20.3 Å². The third-order valence-corrected chi connectivity index (χ3v) is 7.57. The van der Waals surface area contributed by atoms with Crippen LogP contribution in [0.15, 0.2) is 24.5 Å². The number of amides is 1. The van der Waals surface area contributed by atoms with E-state index in [1.165, 1.54) is 39.1 Å². The van der Waals surface area contributed by atoms with Crippen LogP contribution >= 0.6 is 0 Å². The van der Waals surface area contributed by atoms with Crippen molar-refractivity contribution in [2.75, 3.05) is 23.4 Å². The van der Waals surface area contributed by atoms with E-state index in [1.54, 1.807) is 6.92 Å². The molecule has 202 valence electrons. The Labute approximate surface area is 214 Å². The predicted octanol–water partition coefficient (Wildman–Crippen LogP) is 2.93. The number of ether oxygens (including phenoxy) is 1. The van der Waals surface area contributed by atoms with Gasteiger partial charge in [-0.05, 0) is 46.6 Å². The number of nitrogens with one attached hydrogen (secondary N) is 3. The van der Waals surface area contributed by atoms with E-state index in [0.29, 0.717) is 0 Å². The van der Waals surface area contributed by atoms with E-state index >= 15 is 0 Å². The molecule has 1 aliphatic heterocycles. The third kappa shape index (κ3) is 7.41. The number of aliphatic hydroxyl groups is 1. The number of anilines is 2. The lowest BCUT2D eigenvalue weighted by Gasteiger charge is -2.34. The van der Waals surface area contributed by atoms with Crippen LogP contribution in [-0.4, -0.2) is 70.5 Å². The van der Waals surface area contributed by atoms with E-state index in [4.69, 9.17) is 10.1 Å². The first-order chi connectivity index (χ1) is 17.1. The van der Waals surface area contributed by atoms with Crippen LogP contribution in [0.25, 0.3) is 0 Å². The molecule has 1 amide bonds. The summed E-state index contributed by atoms with van der Waals surface area (Å²) in [5.74, 6) is -1.43. The summed E-state index contributed by atoms with van der Waals surface area (Å²) < 4.78 is 56.4. The molecule has 10 nitrogen and oxygen atoms in total. The number of hydrogen-bond acceptors (Lipinski definition) is 9. The average Bonchev–Trinajstić information content (AvgIpc) is 2.81. The van der Waals surface area contributed by atoms with Gasteiger partial charge in [-0.25, -0.2) is 27.2 Å². The molecule has 0 bridgehead atoms. The second kappa shape index (κ2) is 10.7. The minimum absolute atomic E-state index is 0.0199. The molecule has 1 unspecified atom stereocenters. The number of aromatic nitrogens is 2. The smallest absolute Gasteiger partial charge is 0.253 e. The van der Waals surface area contributed by atoms with E-state index in [2.05, 4.69) is 20.6 Å². The van der Waals surface area contributed by atoms with Gasteiger partial charge in [0.2, 0.25) is 5.88 Å². The van der Waals surface area contributed by atoms with Crippen LogP contribution in [0.3, 0.4) is 0 Å². The van der Waals surface area contributed by atoms with Crippen molar-refractivity contribution in [1.82, 2.24) is 15.3 Å². The lowest BCUT2D eigenvalue weighted by molar-refractivity contribution is 0.0899. The second-order valence-corrected chi connectivity index (χ2v) is 12.2. The molecule has 1 fully saturated rings. The summed E-state index contributed by atoms with van der Waals surface area (Å²) in [7, 11) is -3.13. The van der Waals surface area contributed by atoms with E-state index in [0.717, 1.165) is 6.20 Å². The van der Waals surface area contributed by atoms with E-state index in [9.17, 15) is 27.1 Å². The first-order valence-electron chi connectivity index (χ1n) is 11.6. The molecular weight excluding hydrogens is 508 g/mol. The molecule has 13 heteroatoms. The van der Waals surface area contributed by atoms with Crippen LogP contribution in [-0.2, 0) is 9.84 Å². The number of sulfone groups is 1. The average molecular weight is 540 g/mol. The third-order valence-electron chi connectivity index (χ3n) is 5.92. The van der Waals surface area contributed by atoms with E-state index in [1.807, 2.05) is 0 Å². The number of rotatable bonds is 9. The number of hydrogen-bond donors (Lipinski definition) is 4. The highest BCUT2D eigenvalue weighted by atomic mass is 32.2. The monoisotopic (exact) mass is 539 g/mol. The largest absolute Gasteiger partial charge is 0.475 e. The molecule has 0 spiro atoms. The molecule has 2 aromatic rings. The molecule has 1 atom stereocenters. The van der Waals surface area contributed by atoms with Crippen LogP contribution in [0.1, 0.15) is 56.5 Å². The second-order valence-electron chi connectivity index (χ2n) is 9.94. The summed E-state index contributed by atoms with van der Waals surface area (Å²) in [5.41, 5.74) is -2.67. The summed E-state index contributed by atoms with van der Waals surface area (Å²) >= 11 is 0. The minimum Gasteiger partial charge on any atom is -0.475 e. The molecular formula is C24H31F2N5O5S. The lowest BCUT2D eigenvalue weighted by Crippen LogP contribution is -2.51. The Kier molecular flexibility index (Phi) is 8.18. The number of carbonyl (C=O) groups is 1. The number of halogens is 2. The molecule has 3 rings (SSSR count). The highest BCUT2D eigenvalue weighted by molar-refractivity contribution is 7.91. The zero-order chi connectivity index (χ0) is 27.6. The molecule has 1 aliphatic rings. The fraction of sp³-hybridized carbons (Fsp3) is 0.500. The number of pyridine rings is 2. The minimum atomic E-state index is -3.13. The Balaban J connectivity index is 1.91. The summed E-state index contributed by atoms with van der Waals surface area (Å²) in [4.78, 5) is 21.0. The summed E-state index contributed by atoms with van der Waals surface area (Å²) in [6.07, 6.45) is 1.36. The highest BCUT2D eigenvalue weighted by Gasteiger charge is 2.35. The van der Waals surface area contributed by atoms with Gasteiger partial charge >= 0.3 is 0 Å². The maximum atomic E-state index is 14.5. The number of nitrogens with zero attached hydrogens (tertiary/aromatic N) is 2. The van der Waals surface area contributed by atoms with Gasteiger partial charge < -0.3 is 25.9 Å². The Hall–Kier alpha value is -3.19. The molecule has 2 aromatic heterocycles. The van der Waals surface area contributed by atoms with Crippen molar-refractivity contribution in [3.63, 3.8) is 0 Å². The van der Waals surface area contributed by atoms with Gasteiger partial charge in [0, 0.05) is 23.4 Å². The van der Waals surface area contributed by atoms with E-state index < -0.39 is 38.9 Å². The SMILES string of the molecule is CC(F)COc1cc(Nc2ncc(C(=O)NC3(C)CCS(=O)(=O)CC3)cc2C(=N)C(C)(C)O)c(F)cn1. The fourth-order valence-corrected chi connectivity index (χ4v) is 5.32. The van der Waals surface area contributed by atoms with Gasteiger partial charge in [-0.1, -0.05) is 0 Å². The maximum absolute atomic E-state index is 14.5. The highest BCUT2D eigenvalue weighted by Crippen LogP contribution is 2.28. The molecule has 3 heterocycles. The molecule has 4 N–H and O–H groups in total. The lowest BCUT2D eigenvalue weighted by atomic mass is 9.93. The van der Waals surface area contributed by atoms with Crippen molar-refractivity contribution in [3.8, 4) is 5.88 Å². The molecule has 0 saturated carbocycles. The van der Waals surface area contributed by atoms with Crippen molar-refractivity contribution in [2.45, 2.75) is 57.8 Å². The van der Waals surface area contributed by atoms with Crippen molar-refractivity contribution in [3.05, 3.63) is 41.5 Å². The fourth-order valence-electron chi connectivity index (χ4n) is 3.59. The van der Waals surface area contributed by atoms with Gasteiger partial charge in [-0.15, -0.1) is 0 Å². The summed E-state index contributed by atoms with van der Waals surface area (Å²) in [6, 6.07) is 2.55. The van der Waals surface area contributed by atoms with Crippen molar-refractivity contribution < 1.29 is 31.8 Å². The molecule has 0 aromatic carbocycles. The zero-order valence-corrected chi connectivity index (χ0v) is 21.9. The Morgan fingerprint density at radius 2 is 1.92 bits per heavy atom. The normalized spacial score (nSPS) is 17.5. The van der Waals surface area contributed by atoms with Gasteiger partial charge in [-0.2, -0.15) is 0 Å². The standard InChI is InChI=1S/C24H31F2N5O5S/c1-14(25)13-36-19-10-18(17(26)12-28-19)30-21-16(20(27)23(2,3)33)9-15(11-29-21)22(32)31-24(4)5-7-37(34,35)8-6-24/h9-12,14,27,33H,5-8,13H2,1-4H3,(H,31,32)(H,28,29,30). The molecule has 1 saturated heterocycles. The predicted molar refractivity (Wildman–Crippen MR) is 135 cm³/mol. The van der Waals surface area contributed by atoms with Crippen molar-refractivity contribution >= 4 is 33.0 Å². The van der Waals surface area contributed by atoms with E-state index in [-0.39, 0.29) is 65.2 Å². The van der Waals surface area contributed by atoms with Gasteiger partial charge in [0.05, 0.1) is 34.7 Å². The van der Waals surface area contributed by atoms with Crippen molar-refractivity contribution in [2.24, 2.45) is 0 Å². The molecule has 0 aliphatic carbocycles. The first-order valence-corrected chi connectivity index (χ1v) is 13.4. The van der Waals surface area contributed by atoms with Gasteiger partial charge in [0.15, 0.2) is 5.82 Å². The van der Waals surface area contributed by atoms with Crippen LogP contribution in [0, 0.1) is 11.2 Å². The summed E-state index contributed by atoms with van der Waals surface area (Å²) in [6.45, 7) is 5.55. The van der Waals surface area contributed by atoms with Crippen LogP contribution in [0.5, 0.6) is 5.88 Å². The van der Waals surface area contributed by atoms with Crippen molar-refractivity contribution in [1.29, 1.82) is 5.41 Å². The van der Waals surface area contributed by atoms with Gasteiger partial charge in [0.25, 0.3) is 5.91 Å². The summed E-state index contributed by atoms with van der Waals surface area (Å²) in [5, 5.41) is 24.5. The molecule has 0 radical (unpaired) electrons.